The van der Waals surface area contributed by atoms with Gasteiger partial charge in [-0.3, -0.25) is 0 Å². The zero-order valence-corrected chi connectivity index (χ0v) is 9.97. The molecule has 0 bridgehead atoms. The molecule has 1 N–H and O–H groups in total. The minimum absolute atomic E-state index is 0.435. The van der Waals surface area contributed by atoms with Gasteiger partial charge in [0.05, 0.1) is 18.0 Å². The number of allylic oxidation sites excluding steroid dienone is 5. The number of carbonyl (C=O) groups is 1. The van der Waals surface area contributed by atoms with Crippen molar-refractivity contribution in [2.75, 3.05) is 13.6 Å². The van der Waals surface area contributed by atoms with Crippen molar-refractivity contribution in [3.05, 3.63) is 48.4 Å². The van der Waals surface area contributed by atoms with Gasteiger partial charge in [0.1, 0.15) is 0 Å². The Balaban J connectivity index is 0.000000184. The Hall–Kier alpha value is -2.50. The standard InChI is InChI=1S/C7H9NO2.C5H5N3/c1-8-4-2-3-6(5-8)7(9)10;1-2-4-6-8-7-5-3-1/h2-4H,5H2,1H3,(H,9,10);1-5H. The average Bonchev–Trinajstić information content (AvgIpc) is 2.28. The molecule has 0 saturated carbocycles. The lowest BCUT2D eigenvalue weighted by atomic mass is 10.2. The second-order valence-electron chi connectivity index (χ2n) is 3.45. The summed E-state index contributed by atoms with van der Waals surface area (Å²) in [4.78, 5) is 12.2. The zero-order chi connectivity index (χ0) is 13.2. The van der Waals surface area contributed by atoms with Gasteiger partial charge in [-0.05, 0) is 35.7 Å². The summed E-state index contributed by atoms with van der Waals surface area (Å²) in [5, 5.41) is 19.0. The van der Waals surface area contributed by atoms with Gasteiger partial charge in [0.15, 0.2) is 0 Å². The van der Waals surface area contributed by atoms with E-state index in [2.05, 4.69) is 15.4 Å². The van der Waals surface area contributed by atoms with Crippen LogP contribution in [0.1, 0.15) is 0 Å². The van der Waals surface area contributed by atoms with Crippen molar-refractivity contribution in [3.63, 3.8) is 0 Å². The third-order valence-corrected chi connectivity index (χ3v) is 1.96. The van der Waals surface area contributed by atoms with E-state index in [9.17, 15) is 4.79 Å². The Labute approximate surface area is 105 Å². The summed E-state index contributed by atoms with van der Waals surface area (Å²) in [5.74, 6) is -0.837. The Bertz CT molecular complexity index is 403. The lowest BCUT2D eigenvalue weighted by Gasteiger charge is -2.16. The zero-order valence-electron chi connectivity index (χ0n) is 9.97. The van der Waals surface area contributed by atoms with Crippen LogP contribution in [0.4, 0.5) is 0 Å². The van der Waals surface area contributed by atoms with Crippen molar-refractivity contribution in [2.45, 2.75) is 0 Å². The van der Waals surface area contributed by atoms with Gasteiger partial charge in [-0.15, -0.1) is 10.2 Å². The normalized spacial score (nSPS) is 16.5. The van der Waals surface area contributed by atoms with Crippen molar-refractivity contribution < 1.29 is 9.90 Å². The van der Waals surface area contributed by atoms with Crippen molar-refractivity contribution in [1.29, 1.82) is 0 Å². The number of carboxylic acids is 1. The van der Waals surface area contributed by atoms with E-state index in [1.807, 2.05) is 24.2 Å². The smallest absolute Gasteiger partial charge is 0.333 e. The maximum Gasteiger partial charge on any atom is 0.333 e. The minimum atomic E-state index is -0.837. The van der Waals surface area contributed by atoms with E-state index >= 15 is 0 Å². The van der Waals surface area contributed by atoms with Gasteiger partial charge in [0.25, 0.3) is 0 Å². The summed E-state index contributed by atoms with van der Waals surface area (Å²) >= 11 is 0. The van der Waals surface area contributed by atoms with E-state index in [1.165, 1.54) is 0 Å². The van der Waals surface area contributed by atoms with Crippen LogP contribution in [0.5, 0.6) is 0 Å². The van der Waals surface area contributed by atoms with Crippen LogP contribution in [0.2, 0.25) is 0 Å². The summed E-state index contributed by atoms with van der Waals surface area (Å²) in [5.41, 5.74) is 0.435. The molecule has 0 saturated heterocycles. The molecule has 2 aliphatic rings. The summed E-state index contributed by atoms with van der Waals surface area (Å²) < 4.78 is 0. The van der Waals surface area contributed by atoms with Gasteiger partial charge in [-0.1, -0.05) is 6.08 Å². The first-order valence-electron chi connectivity index (χ1n) is 5.26. The predicted molar refractivity (Wildman–Crippen MR) is 69.1 cm³/mol. The first kappa shape index (κ1) is 13.6. The molecule has 0 spiro atoms. The molecule has 6 heteroatoms. The van der Waals surface area contributed by atoms with Gasteiger partial charge < -0.3 is 10.0 Å². The monoisotopic (exact) mass is 246 g/mol. The van der Waals surface area contributed by atoms with Gasteiger partial charge in [-0.25, -0.2) is 4.79 Å². The quantitative estimate of drug-likeness (QED) is 0.768. The second-order valence-corrected chi connectivity index (χ2v) is 3.45. The largest absolute Gasteiger partial charge is 0.478 e. The van der Waals surface area contributed by atoms with E-state index < -0.39 is 5.97 Å². The van der Waals surface area contributed by atoms with E-state index in [0.29, 0.717) is 12.1 Å². The van der Waals surface area contributed by atoms with Crippen LogP contribution >= 0.6 is 0 Å². The van der Waals surface area contributed by atoms with E-state index in [1.54, 1.807) is 36.7 Å². The maximum absolute atomic E-state index is 10.4. The molecule has 0 fully saturated rings. The molecule has 94 valence electrons. The molecule has 0 amide bonds. The van der Waals surface area contributed by atoms with Crippen LogP contribution in [0.15, 0.2) is 63.8 Å². The fraction of sp³-hybridized carbons (Fsp3) is 0.167. The van der Waals surface area contributed by atoms with Crippen LogP contribution < -0.4 is 0 Å². The average molecular weight is 246 g/mol. The molecule has 0 aromatic heterocycles. The Morgan fingerprint density at radius 3 is 2.83 bits per heavy atom. The lowest BCUT2D eigenvalue weighted by molar-refractivity contribution is -0.132. The molecule has 0 aromatic carbocycles. The fourth-order valence-corrected chi connectivity index (χ4v) is 1.15. The van der Waals surface area contributed by atoms with Crippen molar-refractivity contribution in [2.24, 2.45) is 15.4 Å². The molecular formula is C12H14N4O2. The fourth-order valence-electron chi connectivity index (χ4n) is 1.15. The molecule has 0 unspecified atom stereocenters. The van der Waals surface area contributed by atoms with Crippen molar-refractivity contribution in [1.82, 2.24) is 4.90 Å². The summed E-state index contributed by atoms with van der Waals surface area (Å²) in [6.07, 6.45) is 13.7. The SMILES string of the molecule is C1=CC=NN=NC=C1.CN1C=CC=C(C(=O)O)C1. The van der Waals surface area contributed by atoms with Crippen LogP contribution in [0.25, 0.3) is 0 Å². The number of carboxylic acid groups (broad SMARTS) is 1. The third-order valence-electron chi connectivity index (χ3n) is 1.96. The summed E-state index contributed by atoms with van der Waals surface area (Å²) in [6, 6.07) is 0. The number of hydrogen-bond donors (Lipinski definition) is 1. The Kier molecular flexibility index (Phi) is 5.82. The lowest BCUT2D eigenvalue weighted by Crippen LogP contribution is -2.20. The van der Waals surface area contributed by atoms with Gasteiger partial charge in [-0.2, -0.15) is 0 Å². The highest BCUT2D eigenvalue weighted by molar-refractivity contribution is 5.87. The molecule has 6 nitrogen and oxygen atoms in total. The molecule has 0 radical (unpaired) electrons. The Morgan fingerprint density at radius 1 is 1.33 bits per heavy atom. The van der Waals surface area contributed by atoms with E-state index in [4.69, 9.17) is 5.11 Å². The number of aliphatic carboxylic acids is 1. The van der Waals surface area contributed by atoms with Crippen LogP contribution in [-0.2, 0) is 4.79 Å². The summed E-state index contributed by atoms with van der Waals surface area (Å²) in [7, 11) is 1.84. The number of nitrogens with zero attached hydrogens (tertiary/aromatic N) is 4. The maximum atomic E-state index is 10.4. The topological polar surface area (TPSA) is 77.6 Å². The first-order chi connectivity index (χ1) is 8.70. The molecule has 2 heterocycles. The van der Waals surface area contributed by atoms with Crippen LogP contribution in [0, 0.1) is 0 Å². The third kappa shape index (κ3) is 5.55. The van der Waals surface area contributed by atoms with Crippen molar-refractivity contribution >= 4 is 12.2 Å². The van der Waals surface area contributed by atoms with Gasteiger partial charge in [0.2, 0.25) is 0 Å². The molecule has 2 aliphatic heterocycles. The summed E-state index contributed by atoms with van der Waals surface area (Å²) in [6.45, 7) is 0.492. The molecule has 0 atom stereocenters. The van der Waals surface area contributed by atoms with E-state index in [0.717, 1.165) is 0 Å². The van der Waals surface area contributed by atoms with Gasteiger partial charge in [0, 0.05) is 13.6 Å². The highest BCUT2D eigenvalue weighted by atomic mass is 16.4. The highest BCUT2D eigenvalue weighted by Crippen LogP contribution is 2.04. The minimum Gasteiger partial charge on any atom is -0.478 e. The Morgan fingerprint density at radius 2 is 2.17 bits per heavy atom. The van der Waals surface area contributed by atoms with Crippen molar-refractivity contribution in [3.8, 4) is 0 Å². The number of likely N-dealkylation sites (N-methyl/N-ethyl adjacent to an activating group) is 1. The van der Waals surface area contributed by atoms with Gasteiger partial charge >= 0.3 is 5.97 Å². The molecule has 0 aromatic rings. The van der Waals surface area contributed by atoms with Crippen LogP contribution in [0.3, 0.4) is 0 Å². The van der Waals surface area contributed by atoms with Crippen LogP contribution in [-0.4, -0.2) is 35.8 Å². The second kappa shape index (κ2) is 7.72. The highest BCUT2D eigenvalue weighted by Gasteiger charge is 2.09. The van der Waals surface area contributed by atoms with E-state index in [-0.39, 0.29) is 0 Å². The predicted octanol–water partition coefficient (Wildman–Crippen LogP) is 1.96. The molecule has 0 aliphatic carbocycles. The number of hydrogen-bond acceptors (Lipinski definition) is 5. The number of rotatable bonds is 1. The molecule has 2 rings (SSSR count). The first-order valence-corrected chi connectivity index (χ1v) is 5.26. The molecular weight excluding hydrogens is 232 g/mol. The molecule has 18 heavy (non-hydrogen) atoms.